The minimum atomic E-state index is 0.997. The molecule has 0 saturated carbocycles. The van der Waals surface area contributed by atoms with Gasteiger partial charge in [0.25, 0.3) is 0 Å². The average Bonchev–Trinajstić information content (AvgIpc) is 2.29. The first-order valence-electron chi connectivity index (χ1n) is 5.83. The fraction of sp³-hybridized carbons (Fsp3) is 0.429. The first-order valence-corrected chi connectivity index (χ1v) is 7.04. The van der Waals surface area contributed by atoms with Crippen LogP contribution in [0.4, 0.5) is 0 Å². The minimum absolute atomic E-state index is 0.997. The molecule has 0 N–H and O–H groups in total. The topological polar surface area (TPSA) is 0 Å². The monoisotopic (exact) mass is 220 g/mol. The highest BCUT2D eigenvalue weighted by molar-refractivity contribution is 7.47. The van der Waals surface area contributed by atoms with Gasteiger partial charge in [-0.3, -0.25) is 0 Å². The van der Waals surface area contributed by atoms with Crippen molar-refractivity contribution in [2.75, 3.05) is 6.16 Å². The second-order valence-corrected chi connectivity index (χ2v) is 5.22. The van der Waals surface area contributed by atoms with Gasteiger partial charge in [-0.05, 0) is 30.7 Å². The second kappa shape index (κ2) is 8.68. The van der Waals surface area contributed by atoms with E-state index in [4.69, 9.17) is 0 Å². The zero-order chi connectivity index (χ0) is 10.8. The molecule has 0 aliphatic carbocycles. The van der Waals surface area contributed by atoms with E-state index in [9.17, 15) is 0 Å². The second-order valence-electron chi connectivity index (χ2n) is 3.78. The van der Waals surface area contributed by atoms with Gasteiger partial charge in [0.15, 0.2) is 0 Å². The van der Waals surface area contributed by atoms with Crippen LogP contribution in [0.25, 0.3) is 0 Å². The van der Waals surface area contributed by atoms with Crippen molar-refractivity contribution in [2.45, 2.75) is 32.1 Å². The van der Waals surface area contributed by atoms with Gasteiger partial charge in [0.2, 0.25) is 0 Å². The summed E-state index contributed by atoms with van der Waals surface area (Å²) in [5, 5.41) is 1.50. The summed E-state index contributed by atoms with van der Waals surface area (Å²) in [4.78, 5) is 0. The van der Waals surface area contributed by atoms with Gasteiger partial charge in [-0.25, -0.2) is 0 Å². The standard InChI is InChI=1S/C14H21P/c1-2-3-4-5-6-10-13-15-14-11-8-7-9-12-14/h2,7-9,11-12,15H,1,3-6,10,13H2. The molecule has 0 aliphatic rings. The van der Waals surface area contributed by atoms with Gasteiger partial charge in [0.05, 0.1) is 0 Å². The summed E-state index contributed by atoms with van der Waals surface area (Å²) in [6, 6.07) is 10.8. The molecule has 0 aliphatic heterocycles. The summed E-state index contributed by atoms with van der Waals surface area (Å²) in [6.07, 6.45) is 10.0. The molecule has 1 atom stereocenters. The highest BCUT2D eigenvalue weighted by Gasteiger charge is 1.92. The largest absolute Gasteiger partial charge is 0.103 e. The van der Waals surface area contributed by atoms with Crippen LogP contribution < -0.4 is 5.30 Å². The van der Waals surface area contributed by atoms with Crippen LogP contribution in [0, 0.1) is 0 Å². The summed E-state index contributed by atoms with van der Waals surface area (Å²) in [5.41, 5.74) is 0. The van der Waals surface area contributed by atoms with Crippen LogP contribution in [-0.4, -0.2) is 6.16 Å². The lowest BCUT2D eigenvalue weighted by atomic mass is 10.2. The highest BCUT2D eigenvalue weighted by atomic mass is 31.1. The van der Waals surface area contributed by atoms with Gasteiger partial charge in [-0.1, -0.05) is 57.8 Å². The van der Waals surface area contributed by atoms with E-state index >= 15 is 0 Å². The molecule has 0 nitrogen and oxygen atoms in total. The van der Waals surface area contributed by atoms with Crippen LogP contribution in [0.1, 0.15) is 32.1 Å². The molecule has 0 fully saturated rings. The Morgan fingerprint density at radius 3 is 2.47 bits per heavy atom. The van der Waals surface area contributed by atoms with E-state index in [0.29, 0.717) is 0 Å². The van der Waals surface area contributed by atoms with E-state index in [1.165, 1.54) is 43.6 Å². The van der Waals surface area contributed by atoms with Crippen molar-refractivity contribution in [3.8, 4) is 0 Å². The number of allylic oxidation sites excluding steroid dienone is 1. The highest BCUT2D eigenvalue weighted by Crippen LogP contribution is 2.14. The van der Waals surface area contributed by atoms with E-state index < -0.39 is 0 Å². The molecular formula is C14H21P. The van der Waals surface area contributed by atoms with Crippen molar-refractivity contribution in [3.05, 3.63) is 43.0 Å². The molecule has 1 rings (SSSR count). The van der Waals surface area contributed by atoms with Gasteiger partial charge < -0.3 is 0 Å². The molecule has 0 spiro atoms. The lowest BCUT2D eigenvalue weighted by Crippen LogP contribution is -1.93. The molecular weight excluding hydrogens is 199 g/mol. The van der Waals surface area contributed by atoms with Crippen LogP contribution in [0.2, 0.25) is 0 Å². The third-order valence-electron chi connectivity index (χ3n) is 2.44. The first kappa shape index (κ1) is 12.5. The van der Waals surface area contributed by atoms with Crippen LogP contribution in [0.5, 0.6) is 0 Å². The molecule has 1 unspecified atom stereocenters. The number of rotatable bonds is 8. The molecule has 1 heteroatoms. The van der Waals surface area contributed by atoms with E-state index in [-0.39, 0.29) is 0 Å². The van der Waals surface area contributed by atoms with Crippen LogP contribution in [0.15, 0.2) is 43.0 Å². The molecule has 82 valence electrons. The Kier molecular flexibility index (Phi) is 7.21. The average molecular weight is 220 g/mol. The first-order chi connectivity index (χ1) is 7.43. The Bertz CT molecular complexity index is 253. The summed E-state index contributed by atoms with van der Waals surface area (Å²) in [7, 11) is 0.997. The van der Waals surface area contributed by atoms with Crippen molar-refractivity contribution in [2.24, 2.45) is 0 Å². The quantitative estimate of drug-likeness (QED) is 0.351. The Morgan fingerprint density at radius 1 is 1.00 bits per heavy atom. The van der Waals surface area contributed by atoms with E-state index in [0.717, 1.165) is 8.58 Å². The Hall–Kier alpha value is -0.610. The maximum Gasteiger partial charge on any atom is -0.0271 e. The van der Waals surface area contributed by atoms with Crippen molar-refractivity contribution in [3.63, 3.8) is 0 Å². The minimum Gasteiger partial charge on any atom is -0.103 e. The SMILES string of the molecule is C=CCCCCCCPc1ccccc1. The molecule has 0 bridgehead atoms. The number of hydrogen-bond donors (Lipinski definition) is 0. The lowest BCUT2D eigenvalue weighted by molar-refractivity contribution is 0.678. The van der Waals surface area contributed by atoms with Gasteiger partial charge in [0.1, 0.15) is 0 Å². The van der Waals surface area contributed by atoms with Gasteiger partial charge in [-0.2, -0.15) is 0 Å². The molecule has 15 heavy (non-hydrogen) atoms. The lowest BCUT2D eigenvalue weighted by Gasteiger charge is -2.01. The predicted octanol–water partition coefficient (Wildman–Crippen LogP) is 4.13. The third kappa shape index (κ3) is 6.47. The third-order valence-corrected chi connectivity index (χ3v) is 3.78. The van der Waals surface area contributed by atoms with Crippen LogP contribution in [-0.2, 0) is 0 Å². The normalized spacial score (nSPS) is 10.9. The van der Waals surface area contributed by atoms with Gasteiger partial charge in [0, 0.05) is 0 Å². The van der Waals surface area contributed by atoms with Crippen LogP contribution in [0.3, 0.4) is 0 Å². The molecule has 1 aromatic rings. The van der Waals surface area contributed by atoms with Crippen molar-refractivity contribution in [1.82, 2.24) is 0 Å². The summed E-state index contributed by atoms with van der Waals surface area (Å²) >= 11 is 0. The molecule has 0 aromatic heterocycles. The number of benzene rings is 1. The maximum atomic E-state index is 3.74. The molecule has 0 radical (unpaired) electrons. The number of unbranched alkanes of at least 4 members (excludes halogenated alkanes) is 4. The van der Waals surface area contributed by atoms with Crippen LogP contribution >= 0.6 is 8.58 Å². The molecule has 0 amide bonds. The van der Waals surface area contributed by atoms with E-state index in [1.807, 2.05) is 6.08 Å². The summed E-state index contributed by atoms with van der Waals surface area (Å²) in [5.74, 6) is 0. The Labute approximate surface area is 95.6 Å². The zero-order valence-corrected chi connectivity index (χ0v) is 10.4. The van der Waals surface area contributed by atoms with Crippen molar-refractivity contribution in [1.29, 1.82) is 0 Å². The number of hydrogen-bond acceptors (Lipinski definition) is 0. The fourth-order valence-electron chi connectivity index (χ4n) is 1.56. The Balaban J connectivity index is 1.95. The smallest absolute Gasteiger partial charge is 0.0271 e. The summed E-state index contributed by atoms with van der Waals surface area (Å²) < 4.78 is 0. The Morgan fingerprint density at radius 2 is 1.73 bits per heavy atom. The molecule has 1 aromatic carbocycles. The van der Waals surface area contributed by atoms with E-state index in [1.54, 1.807) is 0 Å². The van der Waals surface area contributed by atoms with Crippen molar-refractivity contribution >= 4 is 13.9 Å². The summed E-state index contributed by atoms with van der Waals surface area (Å²) in [6.45, 7) is 3.74. The molecule has 0 heterocycles. The zero-order valence-electron chi connectivity index (χ0n) is 9.41. The van der Waals surface area contributed by atoms with Gasteiger partial charge >= 0.3 is 0 Å². The predicted molar refractivity (Wildman–Crippen MR) is 72.5 cm³/mol. The van der Waals surface area contributed by atoms with Crippen molar-refractivity contribution < 1.29 is 0 Å². The van der Waals surface area contributed by atoms with Gasteiger partial charge in [-0.15, -0.1) is 6.58 Å². The maximum absolute atomic E-state index is 3.74. The molecule has 0 saturated heterocycles. The van der Waals surface area contributed by atoms with E-state index in [2.05, 4.69) is 36.9 Å². The fourth-order valence-corrected chi connectivity index (χ4v) is 2.70.